The van der Waals surface area contributed by atoms with E-state index in [-0.39, 0.29) is 24.0 Å². The van der Waals surface area contributed by atoms with Crippen LogP contribution in [0.4, 0.5) is 4.39 Å². The van der Waals surface area contributed by atoms with E-state index in [4.69, 9.17) is 32.9 Å². The van der Waals surface area contributed by atoms with Crippen molar-refractivity contribution in [2.24, 2.45) is 4.99 Å². The average Bonchev–Trinajstić information content (AvgIpc) is 3.14. The predicted octanol–water partition coefficient (Wildman–Crippen LogP) is 6.75. The maximum Gasteiger partial charge on any atom is 0.133 e. The number of aliphatic imine (C=N–C) groups is 1. The first-order valence-corrected chi connectivity index (χ1v) is 10.5. The van der Waals surface area contributed by atoms with Crippen LogP contribution in [-0.2, 0) is 0 Å². The number of hydrogen-bond donors (Lipinski definition) is 1. The monoisotopic (exact) mass is 442 g/mol. The highest BCUT2D eigenvalue weighted by Crippen LogP contribution is 2.39. The third kappa shape index (κ3) is 4.45. The van der Waals surface area contributed by atoms with E-state index in [1.807, 2.05) is 62.4 Å². The molecular weight excluding hydrogens is 422 g/mol. The number of amidine groups is 1. The van der Waals surface area contributed by atoms with Gasteiger partial charge in [0.1, 0.15) is 23.4 Å². The van der Waals surface area contributed by atoms with Gasteiger partial charge in [0.2, 0.25) is 0 Å². The Hall–Kier alpha value is -2.56. The summed E-state index contributed by atoms with van der Waals surface area (Å²) in [6.07, 6.45) is -0.0910. The van der Waals surface area contributed by atoms with Gasteiger partial charge in [-0.05, 0) is 61.4 Å². The molecule has 1 aliphatic heterocycles. The van der Waals surface area contributed by atoms with Gasteiger partial charge in [-0.3, -0.25) is 4.99 Å². The van der Waals surface area contributed by atoms with Crippen molar-refractivity contribution in [1.29, 1.82) is 0 Å². The van der Waals surface area contributed by atoms with Crippen LogP contribution in [0.15, 0.2) is 71.7 Å². The summed E-state index contributed by atoms with van der Waals surface area (Å²) in [4.78, 5) is 4.96. The summed E-state index contributed by atoms with van der Waals surface area (Å²) in [6, 6.07) is 19.6. The van der Waals surface area contributed by atoms with Crippen LogP contribution in [0.5, 0.6) is 5.75 Å². The second-order valence-electron chi connectivity index (χ2n) is 7.45. The Morgan fingerprint density at radius 1 is 0.900 bits per heavy atom. The second kappa shape index (κ2) is 8.66. The Labute approximate surface area is 185 Å². The van der Waals surface area contributed by atoms with Crippen LogP contribution < -0.4 is 10.1 Å². The summed E-state index contributed by atoms with van der Waals surface area (Å²) in [5, 5.41) is 4.85. The normalized spacial score (nSPS) is 18.3. The van der Waals surface area contributed by atoms with Crippen LogP contribution >= 0.6 is 23.2 Å². The standard InChI is InChI=1S/C24H21Cl2FN2O/c1-14(2)30-21-13-19(27)11-12-20(21)24-28-22(15-3-7-17(25)8-4-15)23(29-24)16-5-9-18(26)10-6-16/h3-14,22-23H,1-2H3,(H,28,29). The van der Waals surface area contributed by atoms with Gasteiger partial charge in [0.15, 0.2) is 0 Å². The van der Waals surface area contributed by atoms with Gasteiger partial charge in [-0.15, -0.1) is 0 Å². The van der Waals surface area contributed by atoms with Gasteiger partial charge in [-0.1, -0.05) is 47.5 Å². The molecule has 6 heteroatoms. The number of nitrogens with one attached hydrogen (secondary N) is 1. The van der Waals surface area contributed by atoms with Crippen LogP contribution in [0.2, 0.25) is 10.0 Å². The van der Waals surface area contributed by atoms with Crippen molar-refractivity contribution in [3.63, 3.8) is 0 Å². The zero-order valence-electron chi connectivity index (χ0n) is 16.6. The molecule has 1 heterocycles. The molecule has 0 amide bonds. The number of halogens is 3. The van der Waals surface area contributed by atoms with Crippen molar-refractivity contribution in [1.82, 2.24) is 5.32 Å². The largest absolute Gasteiger partial charge is 0.490 e. The SMILES string of the molecule is CC(C)Oc1cc(F)ccc1C1=NC(c2ccc(Cl)cc2)C(c2ccc(Cl)cc2)N1. The molecule has 2 unspecified atom stereocenters. The highest BCUT2D eigenvalue weighted by molar-refractivity contribution is 6.30. The fourth-order valence-electron chi connectivity index (χ4n) is 3.53. The molecule has 0 spiro atoms. The predicted molar refractivity (Wildman–Crippen MR) is 120 cm³/mol. The number of hydrogen-bond acceptors (Lipinski definition) is 3. The molecule has 0 aromatic heterocycles. The van der Waals surface area contributed by atoms with Crippen molar-refractivity contribution in [3.8, 4) is 5.75 Å². The van der Waals surface area contributed by atoms with Crippen molar-refractivity contribution in [3.05, 3.63) is 99.3 Å². The van der Waals surface area contributed by atoms with E-state index in [0.29, 0.717) is 21.6 Å². The summed E-state index contributed by atoms with van der Waals surface area (Å²) in [6.45, 7) is 3.82. The topological polar surface area (TPSA) is 33.6 Å². The van der Waals surface area contributed by atoms with Crippen molar-refractivity contribution in [2.45, 2.75) is 32.0 Å². The van der Waals surface area contributed by atoms with E-state index >= 15 is 0 Å². The number of rotatable bonds is 5. The van der Waals surface area contributed by atoms with Crippen LogP contribution in [0.3, 0.4) is 0 Å². The molecule has 154 valence electrons. The Morgan fingerprint density at radius 2 is 1.50 bits per heavy atom. The molecule has 1 aliphatic rings. The highest BCUT2D eigenvalue weighted by Gasteiger charge is 2.33. The van der Waals surface area contributed by atoms with Crippen LogP contribution in [0.1, 0.15) is 42.6 Å². The molecule has 2 atom stereocenters. The lowest BCUT2D eigenvalue weighted by molar-refractivity contribution is 0.241. The number of ether oxygens (including phenoxy) is 1. The quantitative estimate of drug-likeness (QED) is 0.473. The van der Waals surface area contributed by atoms with Crippen LogP contribution in [-0.4, -0.2) is 11.9 Å². The molecule has 0 saturated carbocycles. The van der Waals surface area contributed by atoms with E-state index in [2.05, 4.69) is 5.32 Å². The molecule has 0 aliphatic carbocycles. The third-order valence-corrected chi connectivity index (χ3v) is 5.38. The van der Waals surface area contributed by atoms with Gasteiger partial charge in [-0.2, -0.15) is 0 Å². The van der Waals surface area contributed by atoms with E-state index < -0.39 is 0 Å². The lowest BCUT2D eigenvalue weighted by atomic mass is 9.95. The van der Waals surface area contributed by atoms with Gasteiger partial charge >= 0.3 is 0 Å². The third-order valence-electron chi connectivity index (χ3n) is 4.88. The first-order valence-electron chi connectivity index (χ1n) is 9.72. The minimum Gasteiger partial charge on any atom is -0.490 e. The Bertz CT molecular complexity index is 1070. The summed E-state index contributed by atoms with van der Waals surface area (Å²) < 4.78 is 19.7. The van der Waals surface area contributed by atoms with E-state index in [0.717, 1.165) is 16.7 Å². The summed E-state index contributed by atoms with van der Waals surface area (Å²) in [5.41, 5.74) is 2.79. The van der Waals surface area contributed by atoms with Crippen molar-refractivity contribution in [2.75, 3.05) is 0 Å². The summed E-state index contributed by atoms with van der Waals surface area (Å²) in [7, 11) is 0. The molecule has 3 aromatic carbocycles. The fraction of sp³-hybridized carbons (Fsp3) is 0.208. The van der Waals surface area contributed by atoms with E-state index in [1.165, 1.54) is 12.1 Å². The molecule has 1 N–H and O–H groups in total. The van der Waals surface area contributed by atoms with Gasteiger partial charge in [0.05, 0.1) is 17.7 Å². The molecule has 0 bridgehead atoms. The number of nitrogens with zero attached hydrogens (tertiary/aromatic N) is 1. The fourth-order valence-corrected chi connectivity index (χ4v) is 3.78. The van der Waals surface area contributed by atoms with Gasteiger partial charge in [0.25, 0.3) is 0 Å². The lowest BCUT2D eigenvalue weighted by Gasteiger charge is -2.20. The zero-order chi connectivity index (χ0) is 21.3. The molecule has 0 radical (unpaired) electrons. The smallest absolute Gasteiger partial charge is 0.133 e. The van der Waals surface area contributed by atoms with E-state index in [1.54, 1.807) is 6.07 Å². The Balaban J connectivity index is 1.77. The minimum atomic E-state index is -0.350. The van der Waals surface area contributed by atoms with Gasteiger partial charge in [0, 0.05) is 16.1 Å². The van der Waals surface area contributed by atoms with E-state index in [9.17, 15) is 4.39 Å². The highest BCUT2D eigenvalue weighted by atomic mass is 35.5. The summed E-state index contributed by atoms with van der Waals surface area (Å²) in [5.74, 6) is 0.768. The maximum atomic E-state index is 13.9. The molecule has 30 heavy (non-hydrogen) atoms. The Morgan fingerprint density at radius 3 is 2.10 bits per heavy atom. The second-order valence-corrected chi connectivity index (χ2v) is 8.33. The van der Waals surface area contributed by atoms with Crippen molar-refractivity contribution < 1.29 is 9.13 Å². The molecular formula is C24H21Cl2FN2O. The molecule has 0 saturated heterocycles. The van der Waals surface area contributed by atoms with Crippen LogP contribution in [0, 0.1) is 5.82 Å². The summed E-state index contributed by atoms with van der Waals surface area (Å²) >= 11 is 12.2. The maximum absolute atomic E-state index is 13.9. The van der Waals surface area contributed by atoms with Gasteiger partial charge in [-0.25, -0.2) is 4.39 Å². The number of benzene rings is 3. The Kier molecular flexibility index (Phi) is 5.98. The van der Waals surface area contributed by atoms with Crippen LogP contribution in [0.25, 0.3) is 0 Å². The average molecular weight is 443 g/mol. The van der Waals surface area contributed by atoms with Crippen molar-refractivity contribution >= 4 is 29.0 Å². The first kappa shape index (κ1) is 20.7. The lowest BCUT2D eigenvalue weighted by Crippen LogP contribution is -2.26. The molecule has 0 fully saturated rings. The molecule has 4 rings (SSSR count). The first-order chi connectivity index (χ1) is 14.4. The minimum absolute atomic E-state index is 0.0910. The molecule has 3 nitrogen and oxygen atoms in total. The molecule has 3 aromatic rings. The van der Waals surface area contributed by atoms with Gasteiger partial charge < -0.3 is 10.1 Å². The zero-order valence-corrected chi connectivity index (χ0v) is 18.1.